The van der Waals surface area contributed by atoms with E-state index in [0.29, 0.717) is 40.1 Å². The molecule has 0 aromatic heterocycles. The number of ether oxygens (including phenoxy) is 2. The summed E-state index contributed by atoms with van der Waals surface area (Å²) < 4.78 is 11.0. The quantitative estimate of drug-likeness (QED) is 0.593. The minimum Gasteiger partial charge on any atom is -0.481 e. The molecule has 0 aliphatic carbocycles. The van der Waals surface area contributed by atoms with E-state index in [-0.39, 0.29) is 28.3 Å². The zero-order valence-electron chi connectivity index (χ0n) is 16.0. The van der Waals surface area contributed by atoms with Crippen LogP contribution in [0.25, 0.3) is 0 Å². The van der Waals surface area contributed by atoms with Gasteiger partial charge in [0.25, 0.3) is 5.91 Å². The maximum absolute atomic E-state index is 12.6. The molecule has 1 N–H and O–H groups in total. The first kappa shape index (κ1) is 22.3. The molecule has 0 atom stereocenters. The van der Waals surface area contributed by atoms with Crippen LogP contribution >= 0.6 is 46.4 Å². The van der Waals surface area contributed by atoms with E-state index in [1.807, 2.05) is 6.07 Å². The average Bonchev–Trinajstić information content (AvgIpc) is 2.71. The molecule has 1 heterocycles. The minimum atomic E-state index is -0.362. The van der Waals surface area contributed by atoms with E-state index in [1.54, 1.807) is 26.0 Å². The van der Waals surface area contributed by atoms with Crippen LogP contribution in [0.4, 0.5) is 11.4 Å². The number of nitrogens with one attached hydrogen (secondary N) is 1. The van der Waals surface area contributed by atoms with Crippen LogP contribution in [-0.2, 0) is 9.53 Å². The Bertz CT molecular complexity index is 901. The Kier molecular flexibility index (Phi) is 7.41. The molecule has 1 fully saturated rings. The van der Waals surface area contributed by atoms with Crippen LogP contribution in [-0.4, -0.2) is 38.8 Å². The van der Waals surface area contributed by atoms with Crippen molar-refractivity contribution < 1.29 is 14.3 Å². The third kappa shape index (κ3) is 5.04. The third-order valence-electron chi connectivity index (χ3n) is 4.65. The van der Waals surface area contributed by atoms with Gasteiger partial charge in [-0.15, -0.1) is 0 Å². The Morgan fingerprint density at radius 1 is 1.07 bits per heavy atom. The van der Waals surface area contributed by atoms with Gasteiger partial charge in [0.2, 0.25) is 0 Å². The number of carbonyl (C=O) groups excluding carboxylic acids is 1. The average molecular weight is 478 g/mol. The number of anilines is 2. The molecule has 156 valence electrons. The maximum atomic E-state index is 12.6. The van der Waals surface area contributed by atoms with Gasteiger partial charge in [-0.1, -0.05) is 46.4 Å². The van der Waals surface area contributed by atoms with Gasteiger partial charge in [-0.3, -0.25) is 4.79 Å². The van der Waals surface area contributed by atoms with Crippen molar-refractivity contribution in [3.63, 3.8) is 0 Å². The summed E-state index contributed by atoms with van der Waals surface area (Å²) >= 11 is 24.9. The van der Waals surface area contributed by atoms with Crippen molar-refractivity contribution in [2.24, 2.45) is 0 Å². The van der Waals surface area contributed by atoms with Crippen LogP contribution in [0.2, 0.25) is 20.1 Å². The lowest BCUT2D eigenvalue weighted by atomic mass is 10.1. The number of halogens is 4. The summed E-state index contributed by atoms with van der Waals surface area (Å²) in [6.45, 7) is 5.99. The van der Waals surface area contributed by atoms with Gasteiger partial charge in [-0.2, -0.15) is 0 Å². The summed E-state index contributed by atoms with van der Waals surface area (Å²) in [6, 6.07) is 5.38. The van der Waals surface area contributed by atoms with Crippen LogP contribution in [0, 0.1) is 13.8 Å². The third-order valence-corrected chi connectivity index (χ3v) is 6.36. The molecule has 9 heteroatoms. The summed E-state index contributed by atoms with van der Waals surface area (Å²) in [5.41, 5.74) is 2.78. The standard InChI is InChI=1S/C20H20Cl4N2O3/c1-11-17(22)12(2)19(24)20(18(11)23)29-10-16(27)25-14-9-13(21)3-4-15(14)26-5-7-28-8-6-26/h3-4,9H,5-8,10H2,1-2H3,(H,25,27). The highest BCUT2D eigenvalue weighted by Crippen LogP contribution is 2.42. The van der Waals surface area contributed by atoms with Crippen LogP contribution in [0.15, 0.2) is 18.2 Å². The van der Waals surface area contributed by atoms with Crippen molar-refractivity contribution in [3.05, 3.63) is 49.4 Å². The summed E-state index contributed by atoms with van der Waals surface area (Å²) in [7, 11) is 0. The number of benzene rings is 2. The fourth-order valence-electron chi connectivity index (χ4n) is 3.05. The van der Waals surface area contributed by atoms with Crippen molar-refractivity contribution in [2.75, 3.05) is 43.1 Å². The molecular formula is C20H20Cl4N2O3. The lowest BCUT2D eigenvalue weighted by molar-refractivity contribution is -0.118. The first-order valence-electron chi connectivity index (χ1n) is 8.98. The van der Waals surface area contributed by atoms with Gasteiger partial charge in [0, 0.05) is 23.1 Å². The van der Waals surface area contributed by atoms with E-state index in [0.717, 1.165) is 18.8 Å². The molecule has 0 unspecified atom stereocenters. The highest BCUT2D eigenvalue weighted by atomic mass is 35.5. The molecule has 2 aromatic rings. The van der Waals surface area contributed by atoms with Gasteiger partial charge in [-0.25, -0.2) is 0 Å². The van der Waals surface area contributed by atoms with Crippen LogP contribution in [0.3, 0.4) is 0 Å². The SMILES string of the molecule is Cc1c(Cl)c(C)c(Cl)c(OCC(=O)Nc2cc(Cl)ccc2N2CCOCC2)c1Cl. The largest absolute Gasteiger partial charge is 0.481 e. The number of hydrogen-bond donors (Lipinski definition) is 1. The van der Waals surface area contributed by atoms with Gasteiger partial charge in [0.05, 0.1) is 34.6 Å². The van der Waals surface area contributed by atoms with Crippen LogP contribution in [0.5, 0.6) is 5.75 Å². The number of hydrogen-bond acceptors (Lipinski definition) is 4. The summed E-state index contributed by atoms with van der Waals surface area (Å²) in [4.78, 5) is 14.7. The Balaban J connectivity index is 1.75. The molecule has 1 aliphatic heterocycles. The molecule has 0 saturated carbocycles. The smallest absolute Gasteiger partial charge is 0.262 e. The van der Waals surface area contributed by atoms with Gasteiger partial charge < -0.3 is 19.7 Å². The minimum absolute atomic E-state index is 0.238. The predicted molar refractivity (Wildman–Crippen MR) is 120 cm³/mol. The second-order valence-corrected chi connectivity index (χ2v) is 8.19. The molecule has 5 nitrogen and oxygen atoms in total. The van der Waals surface area contributed by atoms with Crippen molar-refractivity contribution in [1.82, 2.24) is 0 Å². The lowest BCUT2D eigenvalue weighted by Crippen LogP contribution is -2.37. The van der Waals surface area contributed by atoms with Gasteiger partial charge in [0.15, 0.2) is 12.4 Å². The first-order valence-corrected chi connectivity index (χ1v) is 10.5. The molecule has 0 spiro atoms. The van der Waals surface area contributed by atoms with Crippen molar-refractivity contribution in [1.29, 1.82) is 0 Å². The first-order chi connectivity index (χ1) is 13.8. The highest BCUT2D eigenvalue weighted by molar-refractivity contribution is 6.42. The fraction of sp³-hybridized carbons (Fsp3) is 0.350. The van der Waals surface area contributed by atoms with E-state index < -0.39 is 0 Å². The van der Waals surface area contributed by atoms with E-state index in [9.17, 15) is 4.79 Å². The molecule has 1 amide bonds. The zero-order valence-corrected chi connectivity index (χ0v) is 19.0. The molecule has 29 heavy (non-hydrogen) atoms. The number of amides is 1. The summed E-state index contributed by atoms with van der Waals surface area (Å²) in [5, 5.41) is 4.43. The second kappa shape index (κ2) is 9.63. The predicted octanol–water partition coefficient (Wildman–Crippen LogP) is 5.77. The molecular weight excluding hydrogens is 458 g/mol. The zero-order chi connectivity index (χ0) is 21.1. The number of rotatable bonds is 5. The van der Waals surface area contributed by atoms with Crippen molar-refractivity contribution >= 4 is 63.7 Å². The molecule has 3 rings (SSSR count). The van der Waals surface area contributed by atoms with E-state index >= 15 is 0 Å². The Morgan fingerprint density at radius 3 is 2.31 bits per heavy atom. The lowest BCUT2D eigenvalue weighted by Gasteiger charge is -2.30. The Morgan fingerprint density at radius 2 is 1.69 bits per heavy atom. The Labute approximate surface area is 189 Å². The molecule has 0 radical (unpaired) electrons. The molecule has 2 aromatic carbocycles. The molecule has 1 saturated heterocycles. The van der Waals surface area contributed by atoms with Crippen molar-refractivity contribution in [3.8, 4) is 5.75 Å². The highest BCUT2D eigenvalue weighted by Gasteiger charge is 2.20. The fourth-order valence-corrected chi connectivity index (χ4v) is 4.04. The Hall–Kier alpha value is -1.37. The van der Waals surface area contributed by atoms with Gasteiger partial charge in [0.1, 0.15) is 0 Å². The number of nitrogens with zero attached hydrogens (tertiary/aromatic N) is 1. The normalized spacial score (nSPS) is 14.1. The van der Waals surface area contributed by atoms with Crippen molar-refractivity contribution in [2.45, 2.75) is 13.8 Å². The summed E-state index contributed by atoms with van der Waals surface area (Å²) in [5.74, 6) is -0.124. The summed E-state index contributed by atoms with van der Waals surface area (Å²) in [6.07, 6.45) is 0. The topological polar surface area (TPSA) is 50.8 Å². The van der Waals surface area contributed by atoms with E-state index in [1.165, 1.54) is 0 Å². The molecule has 1 aliphatic rings. The van der Waals surface area contributed by atoms with Gasteiger partial charge >= 0.3 is 0 Å². The monoisotopic (exact) mass is 476 g/mol. The number of carbonyl (C=O) groups is 1. The number of morpholine rings is 1. The van der Waals surface area contributed by atoms with E-state index in [2.05, 4.69) is 10.2 Å². The van der Waals surface area contributed by atoms with E-state index in [4.69, 9.17) is 55.9 Å². The molecule has 0 bridgehead atoms. The van der Waals surface area contributed by atoms with Crippen LogP contribution < -0.4 is 15.0 Å². The van der Waals surface area contributed by atoms with Gasteiger partial charge in [-0.05, 0) is 43.2 Å². The maximum Gasteiger partial charge on any atom is 0.262 e. The van der Waals surface area contributed by atoms with Crippen LogP contribution in [0.1, 0.15) is 11.1 Å². The second-order valence-electron chi connectivity index (χ2n) is 6.62.